The lowest BCUT2D eigenvalue weighted by Crippen LogP contribution is -2.36. The van der Waals surface area contributed by atoms with Crippen LogP contribution in [0.3, 0.4) is 0 Å². The van der Waals surface area contributed by atoms with Gasteiger partial charge in [-0.25, -0.2) is 9.97 Å². The van der Waals surface area contributed by atoms with Crippen molar-refractivity contribution >= 4 is 51.6 Å². The number of nitrogens with one attached hydrogen (secondary N) is 2. The van der Waals surface area contributed by atoms with E-state index in [0.717, 1.165) is 42.8 Å². The quantitative estimate of drug-likeness (QED) is 0.374. The van der Waals surface area contributed by atoms with Gasteiger partial charge in [0.1, 0.15) is 11.6 Å². The first-order chi connectivity index (χ1) is 16.0. The predicted molar refractivity (Wildman–Crippen MR) is 131 cm³/mol. The summed E-state index contributed by atoms with van der Waals surface area (Å²) in [6, 6.07) is 14.1. The van der Waals surface area contributed by atoms with E-state index < -0.39 is 0 Å². The third-order valence-electron chi connectivity index (χ3n) is 5.72. The summed E-state index contributed by atoms with van der Waals surface area (Å²) < 4.78 is 0. The molecule has 168 valence electrons. The molecule has 1 aliphatic rings. The number of nitrogens with zero attached hydrogens (tertiary/aromatic N) is 3. The number of hydrogen-bond acceptors (Lipinski definition) is 5. The molecule has 1 fully saturated rings. The van der Waals surface area contributed by atoms with Gasteiger partial charge in [0.2, 0.25) is 0 Å². The largest absolute Gasteiger partial charge is 0.393 e. The molecule has 1 saturated heterocycles. The van der Waals surface area contributed by atoms with Gasteiger partial charge >= 0.3 is 0 Å². The maximum Gasteiger partial charge on any atom is 0.255 e. The molecule has 2 aromatic heterocycles. The number of aliphatic hydroxyl groups excluding tert-OH is 1. The van der Waals surface area contributed by atoms with E-state index >= 15 is 0 Å². The summed E-state index contributed by atoms with van der Waals surface area (Å²) in [5.74, 6) is 1.24. The average molecular weight is 482 g/mol. The molecule has 0 radical (unpaired) electrons. The number of amides is 1. The van der Waals surface area contributed by atoms with Gasteiger partial charge in [-0.1, -0.05) is 29.3 Å². The van der Waals surface area contributed by atoms with Crippen LogP contribution in [0.15, 0.2) is 54.7 Å². The Kier molecular flexibility index (Phi) is 5.93. The lowest BCUT2D eigenvalue weighted by atomic mass is 10.1. The summed E-state index contributed by atoms with van der Waals surface area (Å²) in [7, 11) is 0. The topological polar surface area (TPSA) is 94.1 Å². The molecule has 3 N–H and O–H groups in total. The lowest BCUT2D eigenvalue weighted by molar-refractivity contribution is 0.102. The molecule has 0 bridgehead atoms. The second-order valence-electron chi connectivity index (χ2n) is 8.02. The summed E-state index contributed by atoms with van der Waals surface area (Å²) in [5.41, 5.74) is 3.17. The van der Waals surface area contributed by atoms with Gasteiger partial charge in [0, 0.05) is 35.4 Å². The number of rotatable bonds is 4. The fourth-order valence-corrected chi connectivity index (χ4v) is 4.30. The van der Waals surface area contributed by atoms with Crippen LogP contribution in [0.5, 0.6) is 0 Å². The molecule has 33 heavy (non-hydrogen) atoms. The van der Waals surface area contributed by atoms with E-state index in [1.54, 1.807) is 42.6 Å². The number of aliphatic hydroxyl groups is 1. The predicted octanol–water partition coefficient (Wildman–Crippen LogP) is 5.15. The van der Waals surface area contributed by atoms with Crippen LogP contribution in [0, 0.1) is 0 Å². The van der Waals surface area contributed by atoms with E-state index in [4.69, 9.17) is 23.2 Å². The highest BCUT2D eigenvalue weighted by molar-refractivity contribution is 6.35. The first-order valence-electron chi connectivity index (χ1n) is 10.6. The standard InChI is InChI=1S/C24H21Cl2N5O2/c25-16-3-1-2-14(10-16)24(33)30-19-12-21-20(11-18(19)26)28-23(29-21)15-4-5-22(27-13-15)31-8-6-17(32)7-9-31/h1-5,10-13,17,32H,6-9H2,(H,28,29)(H,30,33). The summed E-state index contributed by atoms with van der Waals surface area (Å²) in [6.07, 6.45) is 3.07. The van der Waals surface area contributed by atoms with Gasteiger partial charge in [-0.15, -0.1) is 0 Å². The molecule has 0 aliphatic carbocycles. The fraction of sp³-hybridized carbons (Fsp3) is 0.208. The SMILES string of the molecule is O=C(Nc1cc2nc(-c3ccc(N4CCC(O)CC4)nc3)[nH]c2cc1Cl)c1cccc(Cl)c1. The fourth-order valence-electron chi connectivity index (χ4n) is 3.90. The van der Waals surface area contributed by atoms with Crippen molar-refractivity contribution < 1.29 is 9.90 Å². The van der Waals surface area contributed by atoms with E-state index in [1.165, 1.54) is 0 Å². The number of hydrogen-bond donors (Lipinski definition) is 3. The minimum absolute atomic E-state index is 0.219. The van der Waals surface area contributed by atoms with Crippen LogP contribution in [-0.4, -0.2) is 45.2 Å². The Morgan fingerprint density at radius 3 is 2.67 bits per heavy atom. The number of pyridine rings is 1. The first kappa shape index (κ1) is 21.7. The van der Waals surface area contributed by atoms with Crippen molar-refractivity contribution in [2.45, 2.75) is 18.9 Å². The van der Waals surface area contributed by atoms with Crippen molar-refractivity contribution in [3.63, 3.8) is 0 Å². The van der Waals surface area contributed by atoms with Crippen molar-refractivity contribution in [1.29, 1.82) is 0 Å². The van der Waals surface area contributed by atoms with Gasteiger partial charge in [0.15, 0.2) is 0 Å². The molecule has 0 atom stereocenters. The molecule has 1 amide bonds. The zero-order chi connectivity index (χ0) is 22.9. The molecule has 7 nitrogen and oxygen atoms in total. The van der Waals surface area contributed by atoms with Crippen molar-refractivity contribution in [3.05, 3.63) is 70.3 Å². The van der Waals surface area contributed by atoms with Gasteiger partial charge in [-0.2, -0.15) is 0 Å². The van der Waals surface area contributed by atoms with Crippen molar-refractivity contribution in [2.24, 2.45) is 0 Å². The Labute approximate surface area is 200 Å². The molecule has 0 saturated carbocycles. The number of aromatic nitrogens is 3. The van der Waals surface area contributed by atoms with Crippen LogP contribution < -0.4 is 10.2 Å². The Bertz CT molecular complexity index is 1310. The first-order valence-corrected chi connectivity index (χ1v) is 11.4. The summed E-state index contributed by atoms with van der Waals surface area (Å²) >= 11 is 12.4. The summed E-state index contributed by atoms with van der Waals surface area (Å²) in [6.45, 7) is 1.58. The molecule has 1 aliphatic heterocycles. The van der Waals surface area contributed by atoms with E-state index in [9.17, 15) is 9.90 Å². The van der Waals surface area contributed by atoms with Crippen molar-refractivity contribution in [1.82, 2.24) is 15.0 Å². The third-order valence-corrected chi connectivity index (χ3v) is 6.26. The minimum atomic E-state index is -0.306. The second kappa shape index (κ2) is 9.02. The van der Waals surface area contributed by atoms with Crippen LogP contribution in [0.4, 0.5) is 11.5 Å². The number of imidazole rings is 1. The summed E-state index contributed by atoms with van der Waals surface area (Å²) in [5, 5.41) is 13.4. The summed E-state index contributed by atoms with van der Waals surface area (Å²) in [4.78, 5) is 27.3. The monoisotopic (exact) mass is 481 g/mol. The second-order valence-corrected chi connectivity index (χ2v) is 8.87. The number of piperidine rings is 1. The normalized spacial score (nSPS) is 14.6. The van der Waals surface area contributed by atoms with E-state index in [0.29, 0.717) is 32.6 Å². The molecule has 0 spiro atoms. The number of carbonyl (C=O) groups is 1. The minimum Gasteiger partial charge on any atom is -0.393 e. The van der Waals surface area contributed by atoms with E-state index in [-0.39, 0.29) is 12.0 Å². The van der Waals surface area contributed by atoms with E-state index in [1.807, 2.05) is 12.1 Å². The highest BCUT2D eigenvalue weighted by Crippen LogP contribution is 2.30. The number of carbonyl (C=O) groups excluding carboxylic acids is 1. The Hall–Kier alpha value is -3.13. The Balaban J connectivity index is 1.37. The molecular weight excluding hydrogens is 461 g/mol. The zero-order valence-corrected chi connectivity index (χ0v) is 19.1. The van der Waals surface area contributed by atoms with Crippen molar-refractivity contribution in [2.75, 3.05) is 23.3 Å². The molecular formula is C24H21Cl2N5O2. The molecule has 0 unspecified atom stereocenters. The number of H-pyrrole nitrogens is 1. The molecule has 2 aromatic carbocycles. The smallest absolute Gasteiger partial charge is 0.255 e. The highest BCUT2D eigenvalue weighted by Gasteiger charge is 2.18. The van der Waals surface area contributed by atoms with Gasteiger partial charge < -0.3 is 20.3 Å². The maximum absolute atomic E-state index is 12.6. The van der Waals surface area contributed by atoms with E-state index in [2.05, 4.69) is 25.2 Å². The van der Waals surface area contributed by atoms with Crippen LogP contribution >= 0.6 is 23.2 Å². The average Bonchev–Trinajstić information content (AvgIpc) is 3.22. The lowest BCUT2D eigenvalue weighted by Gasteiger charge is -2.30. The highest BCUT2D eigenvalue weighted by atomic mass is 35.5. The van der Waals surface area contributed by atoms with Crippen LogP contribution in [0.1, 0.15) is 23.2 Å². The number of anilines is 2. The number of halogens is 2. The Morgan fingerprint density at radius 2 is 1.94 bits per heavy atom. The number of aromatic amines is 1. The molecule has 4 aromatic rings. The maximum atomic E-state index is 12.6. The van der Waals surface area contributed by atoms with Crippen LogP contribution in [-0.2, 0) is 0 Å². The molecule has 9 heteroatoms. The zero-order valence-electron chi connectivity index (χ0n) is 17.6. The number of benzene rings is 2. The van der Waals surface area contributed by atoms with Crippen molar-refractivity contribution in [3.8, 4) is 11.4 Å². The van der Waals surface area contributed by atoms with Gasteiger partial charge in [0.25, 0.3) is 5.91 Å². The van der Waals surface area contributed by atoms with Crippen LogP contribution in [0.2, 0.25) is 10.0 Å². The molecule has 3 heterocycles. The molecule has 5 rings (SSSR count). The van der Waals surface area contributed by atoms with Gasteiger partial charge in [-0.3, -0.25) is 4.79 Å². The number of fused-ring (bicyclic) bond motifs is 1. The van der Waals surface area contributed by atoms with Gasteiger partial charge in [-0.05, 0) is 55.3 Å². The van der Waals surface area contributed by atoms with Crippen LogP contribution in [0.25, 0.3) is 22.4 Å². The Morgan fingerprint density at radius 1 is 1.12 bits per heavy atom. The van der Waals surface area contributed by atoms with Gasteiger partial charge in [0.05, 0.1) is 27.8 Å². The third kappa shape index (κ3) is 4.66.